The van der Waals surface area contributed by atoms with E-state index in [9.17, 15) is 4.79 Å². The molecule has 0 N–H and O–H groups in total. The summed E-state index contributed by atoms with van der Waals surface area (Å²) in [6, 6.07) is 6.42. The number of Topliss-reactive ketones (excluding diaryl/α,β-unsaturated/α-hetero) is 1. The van der Waals surface area contributed by atoms with Gasteiger partial charge in [0.15, 0.2) is 5.78 Å². The molecule has 0 aromatic heterocycles. The highest BCUT2D eigenvalue weighted by atomic mass is 16.1. The molecule has 1 aliphatic carbocycles. The first-order valence-corrected chi connectivity index (χ1v) is 7.79. The van der Waals surface area contributed by atoms with E-state index in [0.717, 1.165) is 11.1 Å². The summed E-state index contributed by atoms with van der Waals surface area (Å²) in [7, 11) is 0. The predicted molar refractivity (Wildman–Crippen MR) is 90.0 cm³/mol. The predicted octanol–water partition coefficient (Wildman–Crippen LogP) is 5.57. The van der Waals surface area contributed by atoms with Gasteiger partial charge in [-0.05, 0) is 36.5 Å². The molecule has 2 rings (SSSR count). The lowest BCUT2D eigenvalue weighted by Gasteiger charge is -2.22. The maximum atomic E-state index is 12.4. The summed E-state index contributed by atoms with van der Waals surface area (Å²) in [6.07, 6.45) is 5.07. The molecule has 1 heteroatoms. The third-order valence-electron chi connectivity index (χ3n) is 4.38. The van der Waals surface area contributed by atoms with Gasteiger partial charge in [0.2, 0.25) is 0 Å². The minimum atomic E-state index is 0.0640. The van der Waals surface area contributed by atoms with E-state index in [-0.39, 0.29) is 17.1 Å². The molecule has 1 aromatic carbocycles. The zero-order valence-electron chi connectivity index (χ0n) is 14.1. The van der Waals surface area contributed by atoms with Crippen LogP contribution in [0.3, 0.4) is 0 Å². The highest BCUT2D eigenvalue weighted by Gasteiger charge is 2.22. The van der Waals surface area contributed by atoms with Gasteiger partial charge in [-0.25, -0.2) is 0 Å². The van der Waals surface area contributed by atoms with E-state index >= 15 is 0 Å². The molecule has 0 saturated heterocycles. The summed E-state index contributed by atoms with van der Waals surface area (Å²) in [5, 5.41) is 0. The lowest BCUT2D eigenvalue weighted by Crippen LogP contribution is -2.14. The van der Waals surface area contributed by atoms with Crippen LogP contribution in [0.15, 0.2) is 41.5 Å². The number of ketones is 1. The fraction of sp³-hybridized carbons (Fsp3) is 0.450. The molecule has 0 atom stereocenters. The molecule has 0 bridgehead atoms. The minimum Gasteiger partial charge on any atom is -0.294 e. The molecule has 1 nitrogen and oxygen atoms in total. The van der Waals surface area contributed by atoms with Crippen LogP contribution in [0, 0.1) is 0 Å². The van der Waals surface area contributed by atoms with Gasteiger partial charge >= 0.3 is 0 Å². The second kappa shape index (κ2) is 5.63. The second-order valence-corrected chi connectivity index (χ2v) is 7.05. The van der Waals surface area contributed by atoms with Crippen LogP contribution < -0.4 is 0 Å². The maximum Gasteiger partial charge on any atom is 0.162 e. The number of hydrogen-bond acceptors (Lipinski definition) is 1. The number of carbonyl (C=O) groups excluding carboxylic acids is 1. The van der Waals surface area contributed by atoms with Crippen molar-refractivity contribution in [1.29, 1.82) is 0 Å². The van der Waals surface area contributed by atoms with Gasteiger partial charge in [0.25, 0.3) is 0 Å². The number of hydrogen-bond donors (Lipinski definition) is 0. The summed E-state index contributed by atoms with van der Waals surface area (Å²) in [6.45, 7) is 12.8. The molecule has 21 heavy (non-hydrogen) atoms. The average Bonchev–Trinajstić information content (AvgIpc) is 2.76. The molecule has 0 unspecified atom stereocenters. The first-order chi connectivity index (χ1) is 9.74. The number of benzene rings is 1. The molecule has 0 spiro atoms. The first-order valence-electron chi connectivity index (χ1n) is 7.79. The van der Waals surface area contributed by atoms with E-state index in [4.69, 9.17) is 0 Å². The Kier molecular flexibility index (Phi) is 4.22. The second-order valence-electron chi connectivity index (χ2n) is 7.05. The van der Waals surface area contributed by atoms with Crippen molar-refractivity contribution in [2.45, 2.75) is 59.3 Å². The topological polar surface area (TPSA) is 17.1 Å². The smallest absolute Gasteiger partial charge is 0.162 e. The van der Waals surface area contributed by atoms with E-state index in [1.165, 1.54) is 16.7 Å². The van der Waals surface area contributed by atoms with Crippen molar-refractivity contribution in [3.8, 4) is 0 Å². The van der Waals surface area contributed by atoms with E-state index in [1.807, 2.05) is 6.92 Å². The number of rotatable bonds is 3. The Hall–Kier alpha value is -1.63. The van der Waals surface area contributed by atoms with Crippen molar-refractivity contribution in [2.24, 2.45) is 0 Å². The first kappa shape index (κ1) is 15.8. The summed E-state index contributed by atoms with van der Waals surface area (Å²) >= 11 is 0. The van der Waals surface area contributed by atoms with Crippen LogP contribution in [0.2, 0.25) is 0 Å². The Morgan fingerprint density at radius 3 is 2.14 bits per heavy atom. The number of allylic oxidation sites excluding steroid dienone is 4. The lowest BCUT2D eigenvalue weighted by atomic mass is 9.82. The van der Waals surface area contributed by atoms with E-state index in [0.29, 0.717) is 6.42 Å². The van der Waals surface area contributed by atoms with Crippen LogP contribution in [0.4, 0.5) is 0 Å². The van der Waals surface area contributed by atoms with Crippen molar-refractivity contribution >= 4 is 5.78 Å². The molecule has 0 radical (unpaired) electrons. The van der Waals surface area contributed by atoms with Crippen LogP contribution in [0.25, 0.3) is 0 Å². The Labute approximate surface area is 128 Å². The van der Waals surface area contributed by atoms with Crippen molar-refractivity contribution in [2.75, 3.05) is 0 Å². The van der Waals surface area contributed by atoms with E-state index in [2.05, 4.69) is 65.0 Å². The quantitative estimate of drug-likeness (QED) is 0.663. The fourth-order valence-electron chi connectivity index (χ4n) is 2.77. The molecule has 0 aliphatic heterocycles. The molecule has 1 aromatic rings. The Morgan fingerprint density at radius 1 is 1.10 bits per heavy atom. The highest BCUT2D eigenvalue weighted by molar-refractivity contribution is 5.98. The van der Waals surface area contributed by atoms with Gasteiger partial charge < -0.3 is 0 Å². The van der Waals surface area contributed by atoms with Gasteiger partial charge in [-0.3, -0.25) is 4.79 Å². The largest absolute Gasteiger partial charge is 0.294 e. The van der Waals surface area contributed by atoms with Crippen LogP contribution in [0.1, 0.15) is 75.4 Å². The summed E-state index contributed by atoms with van der Waals surface area (Å²) in [4.78, 5) is 12.4. The molecule has 0 saturated carbocycles. The monoisotopic (exact) mass is 282 g/mol. The van der Waals surface area contributed by atoms with Gasteiger partial charge in [0.1, 0.15) is 0 Å². The molecule has 0 amide bonds. The zero-order chi connectivity index (χ0) is 15.8. The van der Waals surface area contributed by atoms with Gasteiger partial charge in [0.05, 0.1) is 0 Å². The van der Waals surface area contributed by atoms with Crippen LogP contribution in [-0.2, 0) is 5.41 Å². The number of carbonyl (C=O) groups is 1. The Morgan fingerprint density at radius 2 is 1.67 bits per heavy atom. The van der Waals surface area contributed by atoms with Gasteiger partial charge in [-0.15, -0.1) is 0 Å². The third-order valence-corrected chi connectivity index (χ3v) is 4.38. The summed E-state index contributed by atoms with van der Waals surface area (Å²) in [5.74, 6) is 0.477. The van der Waals surface area contributed by atoms with Crippen molar-refractivity contribution in [3.63, 3.8) is 0 Å². The molecule has 112 valence electrons. The van der Waals surface area contributed by atoms with Gasteiger partial charge in [0, 0.05) is 17.9 Å². The van der Waals surface area contributed by atoms with Crippen molar-refractivity contribution < 1.29 is 4.79 Å². The zero-order valence-corrected chi connectivity index (χ0v) is 14.1. The SMILES string of the molecule is CCC(=O)c1cc(C(C)(C)C)ccc1C1C=C(C)C(C)=C1. The molecule has 0 fully saturated rings. The van der Waals surface area contributed by atoms with E-state index in [1.54, 1.807) is 0 Å². The maximum absolute atomic E-state index is 12.4. The van der Waals surface area contributed by atoms with E-state index < -0.39 is 0 Å². The molecule has 1 aliphatic rings. The fourth-order valence-corrected chi connectivity index (χ4v) is 2.77. The van der Waals surface area contributed by atoms with Crippen LogP contribution in [-0.4, -0.2) is 5.78 Å². The normalized spacial score (nSPS) is 15.9. The van der Waals surface area contributed by atoms with Crippen LogP contribution >= 0.6 is 0 Å². The third kappa shape index (κ3) is 3.18. The highest BCUT2D eigenvalue weighted by Crippen LogP contribution is 2.35. The Bertz CT molecular complexity index is 606. The van der Waals surface area contributed by atoms with Crippen molar-refractivity contribution in [3.05, 3.63) is 58.2 Å². The van der Waals surface area contributed by atoms with Crippen molar-refractivity contribution in [1.82, 2.24) is 0 Å². The van der Waals surface area contributed by atoms with Gasteiger partial charge in [-0.2, -0.15) is 0 Å². The van der Waals surface area contributed by atoms with Gasteiger partial charge in [-0.1, -0.05) is 63.1 Å². The van der Waals surface area contributed by atoms with Crippen LogP contribution in [0.5, 0.6) is 0 Å². The molecular weight excluding hydrogens is 256 g/mol. The summed E-state index contributed by atoms with van der Waals surface area (Å²) in [5.41, 5.74) is 5.96. The molecular formula is C20H26O. The Balaban J connectivity index is 2.54. The lowest BCUT2D eigenvalue weighted by molar-refractivity contribution is 0.0987. The summed E-state index contributed by atoms with van der Waals surface area (Å²) < 4.78 is 0. The standard InChI is InChI=1S/C20H26O/c1-7-19(21)18-12-16(20(4,5)6)8-9-17(18)15-10-13(2)14(3)11-15/h8-12,15H,7H2,1-6H3. The average molecular weight is 282 g/mol. The molecule has 0 heterocycles. The minimum absolute atomic E-state index is 0.0640.